The fourth-order valence-corrected chi connectivity index (χ4v) is 4.72. The number of amides is 1. The quantitative estimate of drug-likeness (QED) is 0.237. The zero-order valence-corrected chi connectivity index (χ0v) is 21.6. The van der Waals surface area contributed by atoms with E-state index in [1.54, 1.807) is 38.2 Å². The van der Waals surface area contributed by atoms with Crippen molar-refractivity contribution in [2.45, 2.75) is 32.4 Å². The Morgan fingerprint density at radius 1 is 1.14 bits per heavy atom. The van der Waals surface area contributed by atoms with E-state index in [1.807, 2.05) is 24.3 Å². The van der Waals surface area contributed by atoms with Gasteiger partial charge in [-0.2, -0.15) is 0 Å². The first-order valence-electron chi connectivity index (χ1n) is 11.6. The summed E-state index contributed by atoms with van der Waals surface area (Å²) >= 11 is 12.7. The highest BCUT2D eigenvalue weighted by Gasteiger charge is 2.21. The average molecular weight is 537 g/mol. The molecule has 3 heterocycles. The van der Waals surface area contributed by atoms with E-state index in [2.05, 4.69) is 15.3 Å². The first-order valence-corrected chi connectivity index (χ1v) is 12.3. The summed E-state index contributed by atoms with van der Waals surface area (Å²) in [6, 6.07) is 13.6. The number of aromatic nitrogens is 3. The lowest BCUT2D eigenvalue weighted by Crippen LogP contribution is -2.23. The first-order chi connectivity index (χ1) is 17.6. The van der Waals surface area contributed by atoms with Crippen LogP contribution in [-0.2, 0) is 18.6 Å². The van der Waals surface area contributed by atoms with Gasteiger partial charge in [-0.15, -0.1) is 0 Å². The molecule has 1 amide bonds. The lowest BCUT2D eigenvalue weighted by molar-refractivity contribution is 0.0799. The van der Waals surface area contributed by atoms with E-state index < -0.39 is 11.4 Å². The third kappa shape index (κ3) is 5.16. The highest BCUT2D eigenvalue weighted by atomic mass is 35.5. The molecule has 0 aliphatic carbocycles. The van der Waals surface area contributed by atoms with Gasteiger partial charge in [0.25, 0.3) is 5.91 Å². The summed E-state index contributed by atoms with van der Waals surface area (Å²) in [5.74, 6) is -0.811. The largest absolute Gasteiger partial charge is 0.386 e. The van der Waals surface area contributed by atoms with Crippen molar-refractivity contribution in [2.75, 3.05) is 0 Å². The second-order valence-corrected chi connectivity index (χ2v) is 10.2. The third-order valence-electron chi connectivity index (χ3n) is 6.20. The number of nitrogens with zero attached hydrogens (tertiary/aromatic N) is 2. The molecule has 0 atom stereocenters. The predicted molar refractivity (Wildman–Crippen MR) is 143 cm³/mol. The third-order valence-corrected chi connectivity index (χ3v) is 6.84. The number of carbonyl (C=O) groups is 1. The van der Waals surface area contributed by atoms with Crippen LogP contribution in [0.25, 0.3) is 21.8 Å². The van der Waals surface area contributed by atoms with Crippen molar-refractivity contribution in [1.82, 2.24) is 20.3 Å². The van der Waals surface area contributed by atoms with Gasteiger partial charge in [0.05, 0.1) is 26.9 Å². The Labute approximate surface area is 222 Å². The minimum atomic E-state index is -1.08. The number of hydrogen-bond acceptors (Lipinski definition) is 4. The lowest BCUT2D eigenvalue weighted by Gasteiger charge is -2.20. The molecule has 3 aromatic heterocycles. The molecule has 0 saturated heterocycles. The van der Waals surface area contributed by atoms with Gasteiger partial charge in [-0.3, -0.25) is 14.8 Å². The fraction of sp³-hybridized carbons (Fsp3) is 0.179. The molecular weight excluding hydrogens is 514 g/mol. The van der Waals surface area contributed by atoms with Crippen LogP contribution in [0.4, 0.5) is 4.39 Å². The van der Waals surface area contributed by atoms with E-state index in [1.165, 1.54) is 12.3 Å². The van der Waals surface area contributed by atoms with Gasteiger partial charge in [-0.05, 0) is 44.2 Å². The number of benzene rings is 2. The summed E-state index contributed by atoms with van der Waals surface area (Å²) in [7, 11) is 0. The van der Waals surface area contributed by atoms with E-state index >= 15 is 0 Å². The molecule has 5 rings (SSSR count). The molecule has 0 unspecified atom stereocenters. The molecular formula is C28H23Cl2FN4O2. The number of hydrogen-bond donors (Lipinski definition) is 3. The number of fused-ring (bicyclic) bond motifs is 2. The van der Waals surface area contributed by atoms with E-state index in [4.69, 9.17) is 28.2 Å². The van der Waals surface area contributed by atoms with Gasteiger partial charge in [0, 0.05) is 64.0 Å². The Kier molecular flexibility index (Phi) is 6.62. The Hall–Kier alpha value is -3.52. The molecule has 0 bridgehead atoms. The number of aliphatic hydroxyl groups is 1. The normalized spacial score (nSPS) is 11.8. The van der Waals surface area contributed by atoms with E-state index in [9.17, 15) is 14.3 Å². The molecule has 6 nitrogen and oxygen atoms in total. The topological polar surface area (TPSA) is 90.9 Å². The van der Waals surface area contributed by atoms with E-state index in [0.717, 1.165) is 5.39 Å². The van der Waals surface area contributed by atoms with Crippen LogP contribution in [0, 0.1) is 5.82 Å². The van der Waals surface area contributed by atoms with Crippen molar-refractivity contribution in [3.8, 4) is 0 Å². The molecule has 5 aromatic rings. The molecule has 0 saturated carbocycles. The Morgan fingerprint density at radius 2 is 1.95 bits per heavy atom. The molecule has 9 heteroatoms. The number of rotatable bonds is 6. The van der Waals surface area contributed by atoms with Crippen molar-refractivity contribution in [3.05, 3.63) is 105 Å². The van der Waals surface area contributed by atoms with Crippen LogP contribution in [-0.4, -0.2) is 26.0 Å². The van der Waals surface area contributed by atoms with Gasteiger partial charge < -0.3 is 15.4 Å². The smallest absolute Gasteiger partial charge is 0.251 e. The SMILES string of the molecule is CC(C)(O)c1cccc2cc(Cl)c(Cc3cc(C(=O)NCc4cc5c(Cl)c[nH]c5cc4F)ccn3)nc12. The van der Waals surface area contributed by atoms with Crippen LogP contribution < -0.4 is 5.32 Å². The van der Waals surface area contributed by atoms with Crippen LogP contribution in [0.1, 0.15) is 46.7 Å². The summed E-state index contributed by atoms with van der Waals surface area (Å²) in [6.07, 6.45) is 3.41. The minimum absolute atomic E-state index is 0.00243. The molecule has 0 radical (unpaired) electrons. The lowest BCUT2D eigenvalue weighted by atomic mass is 9.95. The molecule has 2 aromatic carbocycles. The second kappa shape index (κ2) is 9.74. The maximum Gasteiger partial charge on any atom is 0.251 e. The van der Waals surface area contributed by atoms with Gasteiger partial charge in [0.15, 0.2) is 0 Å². The van der Waals surface area contributed by atoms with Gasteiger partial charge in [-0.25, -0.2) is 4.39 Å². The molecule has 37 heavy (non-hydrogen) atoms. The number of aromatic amines is 1. The molecule has 0 spiro atoms. The maximum atomic E-state index is 14.5. The number of pyridine rings is 2. The number of H-pyrrole nitrogens is 1. The van der Waals surface area contributed by atoms with Gasteiger partial charge >= 0.3 is 0 Å². The summed E-state index contributed by atoms with van der Waals surface area (Å²) in [6.45, 7) is 3.41. The Morgan fingerprint density at radius 3 is 2.73 bits per heavy atom. The number of nitrogens with one attached hydrogen (secondary N) is 2. The van der Waals surface area contributed by atoms with Crippen molar-refractivity contribution in [3.63, 3.8) is 0 Å². The van der Waals surface area contributed by atoms with Crippen LogP contribution in [0.2, 0.25) is 10.0 Å². The fourth-order valence-electron chi connectivity index (χ4n) is 4.28. The second-order valence-electron chi connectivity index (χ2n) is 9.37. The van der Waals surface area contributed by atoms with Crippen molar-refractivity contribution in [1.29, 1.82) is 0 Å². The van der Waals surface area contributed by atoms with Crippen LogP contribution in [0.15, 0.2) is 60.9 Å². The number of halogens is 3. The van der Waals surface area contributed by atoms with E-state index in [0.29, 0.717) is 54.5 Å². The predicted octanol–water partition coefficient (Wildman–Crippen LogP) is 6.31. The summed E-state index contributed by atoms with van der Waals surface area (Å²) in [4.78, 5) is 24.9. The summed E-state index contributed by atoms with van der Waals surface area (Å²) < 4.78 is 14.5. The van der Waals surface area contributed by atoms with Crippen LogP contribution in [0.5, 0.6) is 0 Å². The zero-order valence-electron chi connectivity index (χ0n) is 20.1. The van der Waals surface area contributed by atoms with Crippen LogP contribution >= 0.6 is 23.2 Å². The zero-order chi connectivity index (χ0) is 26.3. The average Bonchev–Trinajstić information content (AvgIpc) is 3.21. The first kappa shape index (κ1) is 25.1. The van der Waals surface area contributed by atoms with E-state index in [-0.39, 0.29) is 18.9 Å². The highest BCUT2D eigenvalue weighted by Crippen LogP contribution is 2.30. The number of carbonyl (C=O) groups excluding carboxylic acids is 1. The number of para-hydroxylation sites is 1. The molecule has 0 fully saturated rings. The Bertz CT molecular complexity index is 1660. The molecule has 3 N–H and O–H groups in total. The maximum absolute atomic E-state index is 14.5. The molecule has 0 aliphatic rings. The van der Waals surface area contributed by atoms with Crippen molar-refractivity contribution < 1.29 is 14.3 Å². The molecule has 0 aliphatic heterocycles. The standard InChI is InChI=1S/C28H23Cl2FN4O2/c1-28(2,37)20-5-3-4-15-10-21(29)25(35-26(15)20)11-18-8-16(6-7-32-18)27(36)34-13-17-9-19-22(30)14-33-24(19)12-23(17)31/h3-10,12,14,33,37H,11,13H2,1-2H3,(H,34,36). The summed E-state index contributed by atoms with van der Waals surface area (Å²) in [5.41, 5.74) is 2.73. The molecule has 188 valence electrons. The van der Waals surface area contributed by atoms with Crippen molar-refractivity contribution in [2.24, 2.45) is 0 Å². The van der Waals surface area contributed by atoms with Crippen molar-refractivity contribution >= 4 is 50.9 Å². The summed E-state index contributed by atoms with van der Waals surface area (Å²) in [5, 5.41) is 15.8. The monoisotopic (exact) mass is 536 g/mol. The van der Waals surface area contributed by atoms with Gasteiger partial charge in [0.1, 0.15) is 5.82 Å². The Balaban J connectivity index is 1.37. The van der Waals surface area contributed by atoms with Gasteiger partial charge in [0.2, 0.25) is 0 Å². The highest BCUT2D eigenvalue weighted by molar-refractivity contribution is 6.35. The van der Waals surface area contributed by atoms with Crippen LogP contribution in [0.3, 0.4) is 0 Å². The minimum Gasteiger partial charge on any atom is -0.386 e. The van der Waals surface area contributed by atoms with Gasteiger partial charge in [-0.1, -0.05) is 41.4 Å².